The maximum atomic E-state index is 11.6. The molecule has 0 aliphatic carbocycles. The molecule has 0 nitrogen and oxygen atoms in total. The Kier molecular flexibility index (Phi) is 2.97. The van der Waals surface area contributed by atoms with Crippen LogP contribution in [0.5, 0.6) is 0 Å². The summed E-state index contributed by atoms with van der Waals surface area (Å²) in [6.45, 7) is 3.12. The van der Waals surface area contributed by atoms with E-state index in [1.165, 1.54) is 13.0 Å². The van der Waals surface area contributed by atoms with E-state index >= 15 is 0 Å². The van der Waals surface area contributed by atoms with Crippen LogP contribution in [0, 0.1) is 0 Å². The van der Waals surface area contributed by atoms with Crippen LogP contribution in [0.3, 0.4) is 0 Å². The zero-order chi connectivity index (χ0) is 7.49. The van der Waals surface area contributed by atoms with Crippen LogP contribution in [0.1, 0.15) is 13.8 Å². The summed E-state index contributed by atoms with van der Waals surface area (Å²) in [6, 6.07) is -0.649. The lowest BCUT2D eigenvalue weighted by Gasteiger charge is -2.00. The van der Waals surface area contributed by atoms with Gasteiger partial charge >= 0.3 is 9.08 Å². The average Bonchev–Trinajstić information content (AvgIpc) is 1.62. The Morgan fingerprint density at radius 2 is 1.89 bits per heavy atom. The van der Waals surface area contributed by atoms with Gasteiger partial charge in [-0.3, -0.25) is 0 Å². The normalized spacial score (nSPS) is 14.1. The van der Waals surface area contributed by atoms with Crippen molar-refractivity contribution in [3.8, 4) is 0 Å². The zero-order valence-corrected chi connectivity index (χ0v) is 6.42. The molecule has 0 amide bonds. The molecular formula is C5H9F3Si. The second kappa shape index (κ2) is 3.05. The van der Waals surface area contributed by atoms with Crippen molar-refractivity contribution in [2.45, 2.75) is 19.9 Å². The summed E-state index contributed by atoms with van der Waals surface area (Å²) >= 11 is 0. The van der Waals surface area contributed by atoms with Gasteiger partial charge in [-0.1, -0.05) is 11.6 Å². The van der Waals surface area contributed by atoms with E-state index in [-0.39, 0.29) is 0 Å². The summed E-state index contributed by atoms with van der Waals surface area (Å²) in [5.74, 6) is 0. The largest absolute Gasteiger partial charge is 0.620 e. The van der Waals surface area contributed by atoms with Crippen molar-refractivity contribution < 1.29 is 12.3 Å². The van der Waals surface area contributed by atoms with Gasteiger partial charge in [0, 0.05) is 6.04 Å². The Bertz CT molecular complexity index is 114. The van der Waals surface area contributed by atoms with E-state index in [1.54, 1.807) is 6.92 Å². The van der Waals surface area contributed by atoms with Gasteiger partial charge < -0.3 is 0 Å². The van der Waals surface area contributed by atoms with Crippen LogP contribution in [0.2, 0.25) is 6.04 Å². The highest BCUT2D eigenvalue weighted by atomic mass is 28.5. The van der Waals surface area contributed by atoms with E-state index in [1.807, 2.05) is 0 Å². The lowest BCUT2D eigenvalue weighted by atomic mass is 10.3. The Morgan fingerprint density at radius 3 is 2.00 bits per heavy atom. The highest BCUT2D eigenvalue weighted by Gasteiger charge is 2.36. The second-order valence-electron chi connectivity index (χ2n) is 1.93. The molecule has 9 heavy (non-hydrogen) atoms. The molecule has 0 saturated carbocycles. The smallest absolute Gasteiger partial charge is 0.237 e. The summed E-state index contributed by atoms with van der Waals surface area (Å²) in [5.41, 5.74) is 0.425. The van der Waals surface area contributed by atoms with Crippen molar-refractivity contribution >= 4 is 9.08 Å². The summed E-state index contributed by atoms with van der Waals surface area (Å²) < 4.78 is 34.8. The van der Waals surface area contributed by atoms with Gasteiger partial charge in [0.1, 0.15) is 0 Å². The van der Waals surface area contributed by atoms with Crippen LogP contribution in [-0.2, 0) is 0 Å². The molecule has 0 N–H and O–H groups in total. The van der Waals surface area contributed by atoms with Gasteiger partial charge in [-0.05, 0) is 13.8 Å². The molecule has 0 saturated heterocycles. The Morgan fingerprint density at radius 1 is 1.44 bits per heavy atom. The van der Waals surface area contributed by atoms with E-state index < -0.39 is 15.1 Å². The van der Waals surface area contributed by atoms with E-state index in [9.17, 15) is 12.3 Å². The maximum absolute atomic E-state index is 11.6. The molecule has 0 aromatic heterocycles. The maximum Gasteiger partial charge on any atom is 0.620 e. The highest BCUT2D eigenvalue weighted by molar-refractivity contribution is 6.59. The van der Waals surface area contributed by atoms with Crippen molar-refractivity contribution in [1.29, 1.82) is 0 Å². The first-order chi connectivity index (χ1) is 3.95. The van der Waals surface area contributed by atoms with Crippen LogP contribution >= 0.6 is 0 Å². The first kappa shape index (κ1) is 8.75. The van der Waals surface area contributed by atoms with Crippen molar-refractivity contribution in [3.05, 3.63) is 11.6 Å². The molecule has 0 unspecified atom stereocenters. The summed E-state index contributed by atoms with van der Waals surface area (Å²) in [7, 11) is -5.31. The van der Waals surface area contributed by atoms with Gasteiger partial charge in [0.15, 0.2) is 0 Å². The minimum atomic E-state index is -5.31. The molecule has 4 heteroatoms. The SMILES string of the molecule is CC=C(C)C[Si](F)(F)F. The third-order valence-electron chi connectivity index (χ3n) is 0.972. The number of rotatable bonds is 2. The summed E-state index contributed by atoms with van der Waals surface area (Å²) in [4.78, 5) is 0. The molecule has 0 spiro atoms. The van der Waals surface area contributed by atoms with Gasteiger partial charge in [0.25, 0.3) is 0 Å². The van der Waals surface area contributed by atoms with Crippen molar-refractivity contribution in [2.75, 3.05) is 0 Å². The Labute approximate surface area is 53.9 Å². The van der Waals surface area contributed by atoms with Crippen LogP contribution in [0.15, 0.2) is 11.6 Å². The predicted octanol–water partition coefficient (Wildman–Crippen LogP) is 2.80. The Balaban J connectivity index is 3.75. The molecule has 54 valence electrons. The lowest BCUT2D eigenvalue weighted by molar-refractivity contribution is 0.475. The molecule has 0 atom stereocenters. The molecule has 0 bridgehead atoms. The molecule has 0 aliphatic heterocycles. The predicted molar refractivity (Wildman–Crippen MR) is 33.3 cm³/mol. The van der Waals surface area contributed by atoms with E-state index in [0.29, 0.717) is 5.57 Å². The first-order valence-electron chi connectivity index (χ1n) is 2.64. The molecule has 0 rings (SSSR count). The summed E-state index contributed by atoms with van der Waals surface area (Å²) in [6.07, 6.45) is 1.50. The van der Waals surface area contributed by atoms with E-state index in [4.69, 9.17) is 0 Å². The number of hydrogen-bond acceptors (Lipinski definition) is 0. The van der Waals surface area contributed by atoms with Gasteiger partial charge in [-0.25, -0.2) is 12.3 Å². The monoisotopic (exact) mass is 154 g/mol. The minimum absolute atomic E-state index is 0.425. The zero-order valence-electron chi connectivity index (χ0n) is 5.42. The fourth-order valence-corrected chi connectivity index (χ4v) is 1.25. The van der Waals surface area contributed by atoms with E-state index in [0.717, 1.165) is 0 Å². The highest BCUT2D eigenvalue weighted by Crippen LogP contribution is 2.19. The summed E-state index contributed by atoms with van der Waals surface area (Å²) in [5, 5.41) is 0. The first-order valence-corrected chi connectivity index (χ1v) is 4.48. The molecular weight excluding hydrogens is 145 g/mol. The van der Waals surface area contributed by atoms with E-state index in [2.05, 4.69) is 0 Å². The number of allylic oxidation sites excluding steroid dienone is 2. The topological polar surface area (TPSA) is 0 Å². The standard InChI is InChI=1S/C5H9F3Si/c1-3-5(2)4-9(6,7)8/h3H,4H2,1-2H3. The van der Waals surface area contributed by atoms with Gasteiger partial charge in [0.05, 0.1) is 0 Å². The molecule has 0 aromatic rings. The lowest BCUT2D eigenvalue weighted by Crippen LogP contribution is -2.13. The molecule has 0 heterocycles. The second-order valence-corrected chi connectivity index (χ2v) is 3.51. The number of hydrogen-bond donors (Lipinski definition) is 0. The van der Waals surface area contributed by atoms with Crippen LogP contribution in [0.25, 0.3) is 0 Å². The Hall–Kier alpha value is -0.253. The van der Waals surface area contributed by atoms with Crippen LogP contribution in [0.4, 0.5) is 12.3 Å². The van der Waals surface area contributed by atoms with Crippen molar-refractivity contribution in [3.63, 3.8) is 0 Å². The van der Waals surface area contributed by atoms with Gasteiger partial charge in [-0.15, -0.1) is 0 Å². The third-order valence-corrected chi connectivity index (χ3v) is 1.93. The average molecular weight is 154 g/mol. The minimum Gasteiger partial charge on any atom is -0.237 e. The third kappa shape index (κ3) is 5.62. The quantitative estimate of drug-likeness (QED) is 0.326. The van der Waals surface area contributed by atoms with Gasteiger partial charge in [0.2, 0.25) is 0 Å². The fraction of sp³-hybridized carbons (Fsp3) is 0.600. The fourth-order valence-electron chi connectivity index (χ4n) is 0.418. The van der Waals surface area contributed by atoms with Gasteiger partial charge in [-0.2, -0.15) is 0 Å². The molecule has 0 radical (unpaired) electrons. The number of halogens is 3. The van der Waals surface area contributed by atoms with Crippen molar-refractivity contribution in [2.24, 2.45) is 0 Å². The van der Waals surface area contributed by atoms with Crippen LogP contribution < -0.4 is 0 Å². The van der Waals surface area contributed by atoms with Crippen molar-refractivity contribution in [1.82, 2.24) is 0 Å². The molecule has 0 aliphatic rings. The molecule has 0 fully saturated rings. The molecule has 0 aromatic carbocycles. The van der Waals surface area contributed by atoms with Crippen LogP contribution in [-0.4, -0.2) is 9.08 Å².